The van der Waals surface area contributed by atoms with E-state index >= 15 is 0 Å². The van der Waals surface area contributed by atoms with E-state index in [2.05, 4.69) is 4.31 Å². The van der Waals surface area contributed by atoms with Gasteiger partial charge in [-0.3, -0.25) is 0 Å². The summed E-state index contributed by atoms with van der Waals surface area (Å²) >= 11 is 0. The average molecular weight is 282 g/mol. The molecule has 0 heterocycles. The van der Waals surface area contributed by atoms with Gasteiger partial charge < -0.3 is 19.6 Å². The molecule has 0 unspecified atom stereocenters. The molecule has 11 heteroatoms. The molecule has 11 heavy (non-hydrogen) atoms. The predicted molar refractivity (Wildman–Crippen MR) is 32.3 cm³/mol. The Kier molecular flexibility index (Phi) is 11.8. The van der Waals surface area contributed by atoms with Gasteiger partial charge in [0.1, 0.15) is 0 Å². The molecular weight excluding hydrogens is 277 g/mol. The van der Waals surface area contributed by atoms with E-state index in [1.165, 1.54) is 0 Å². The second kappa shape index (κ2) is 6.81. The van der Waals surface area contributed by atoms with Crippen molar-refractivity contribution in [2.75, 3.05) is 0 Å². The molecule has 69 valence electrons. The van der Waals surface area contributed by atoms with E-state index in [-0.39, 0.29) is 68.5 Å². The number of hydrogen-bond donors (Lipinski definition) is 4. The first-order chi connectivity index (χ1) is 3.71. The fourth-order valence-electron chi connectivity index (χ4n) is 0.139. The summed E-state index contributed by atoms with van der Waals surface area (Å²) in [7, 11) is -10.1. The van der Waals surface area contributed by atoms with Crippen LogP contribution in [0.2, 0.25) is 0 Å². The van der Waals surface area contributed by atoms with E-state index in [1.54, 1.807) is 0 Å². The zero-order valence-electron chi connectivity index (χ0n) is 4.21. The zero-order valence-corrected chi connectivity index (χ0v) is 6.94. The number of hydrogen-bond acceptors (Lipinski definition) is 3. The molecule has 7 nitrogen and oxygen atoms in total. The maximum absolute atomic E-state index is 9.63. The van der Waals surface area contributed by atoms with Crippen molar-refractivity contribution in [2.24, 2.45) is 0 Å². The van der Waals surface area contributed by atoms with Gasteiger partial charge in [0.15, 0.2) is 0 Å². The Labute approximate surface area is 115 Å². The second-order valence-electron chi connectivity index (χ2n) is 1.06. The standard InChI is InChI=1S/Cu.K.H4O7P2.H/c;;1-8(2,3)7-9(4,5)6;/h;;(H2,1,2,3)(H2,4,5,6);. The van der Waals surface area contributed by atoms with Crippen molar-refractivity contribution in [1.29, 1.82) is 0 Å². The van der Waals surface area contributed by atoms with Crippen LogP contribution in [-0.4, -0.2) is 71.0 Å². The van der Waals surface area contributed by atoms with E-state index in [1.807, 2.05) is 0 Å². The Hall–Kier alpha value is 2.42. The van der Waals surface area contributed by atoms with Crippen molar-refractivity contribution in [3.8, 4) is 0 Å². The summed E-state index contributed by atoms with van der Waals surface area (Å²) in [4.78, 5) is 31.0. The normalized spacial score (nSPS) is 11.3. The maximum atomic E-state index is 9.63. The minimum absolute atomic E-state index is 0. The molecule has 0 bridgehead atoms. The summed E-state index contributed by atoms with van der Waals surface area (Å²) in [5, 5.41) is 0. The first kappa shape index (κ1) is 19.1. The Morgan fingerprint density at radius 2 is 1.09 bits per heavy atom. The van der Waals surface area contributed by atoms with Crippen molar-refractivity contribution in [3.63, 3.8) is 0 Å². The van der Waals surface area contributed by atoms with Crippen molar-refractivity contribution >= 4 is 67.0 Å². The summed E-state index contributed by atoms with van der Waals surface area (Å²) in [5.74, 6) is 0. The van der Waals surface area contributed by atoms with Crippen molar-refractivity contribution in [2.45, 2.75) is 0 Å². The van der Waals surface area contributed by atoms with Gasteiger partial charge >= 0.3 is 67.0 Å². The van der Waals surface area contributed by atoms with Gasteiger partial charge in [-0.15, -0.1) is 0 Å². The molecule has 0 aromatic heterocycles. The molecule has 0 aliphatic heterocycles. The van der Waals surface area contributed by atoms with Crippen LogP contribution in [0.4, 0.5) is 0 Å². The third-order valence-electron chi connectivity index (χ3n) is 0.213. The first-order valence-electron chi connectivity index (χ1n) is 1.53. The number of rotatable bonds is 2. The van der Waals surface area contributed by atoms with Gasteiger partial charge in [0.05, 0.1) is 0 Å². The van der Waals surface area contributed by atoms with Crippen LogP contribution in [0.1, 0.15) is 0 Å². The van der Waals surface area contributed by atoms with E-state index < -0.39 is 15.6 Å². The van der Waals surface area contributed by atoms with E-state index in [0.717, 1.165) is 0 Å². The average Bonchev–Trinajstić information content (AvgIpc) is 1.14. The van der Waals surface area contributed by atoms with Crippen molar-refractivity contribution in [3.05, 3.63) is 0 Å². The van der Waals surface area contributed by atoms with E-state index in [4.69, 9.17) is 19.6 Å². The number of phosphoric acid groups is 2. The van der Waals surface area contributed by atoms with Crippen LogP contribution in [0.25, 0.3) is 0 Å². The molecule has 0 aromatic carbocycles. The molecule has 0 fully saturated rings. The summed E-state index contributed by atoms with van der Waals surface area (Å²) in [6.07, 6.45) is 0. The van der Waals surface area contributed by atoms with Gasteiger partial charge in [-0.25, -0.2) is 9.13 Å². The Bertz CT molecular complexity index is 157. The van der Waals surface area contributed by atoms with Gasteiger partial charge in [-0.1, -0.05) is 0 Å². The van der Waals surface area contributed by atoms with Crippen LogP contribution in [0.5, 0.6) is 0 Å². The molecular formula is H5CuKO7P2. The molecule has 0 saturated heterocycles. The first-order valence-corrected chi connectivity index (χ1v) is 4.59. The van der Waals surface area contributed by atoms with Gasteiger partial charge in [0.2, 0.25) is 0 Å². The predicted octanol–water partition coefficient (Wildman–Crippen LogP) is -1.46. The van der Waals surface area contributed by atoms with Crippen LogP contribution < -0.4 is 0 Å². The molecule has 4 N–H and O–H groups in total. The third-order valence-corrected chi connectivity index (χ3v) is 1.91. The molecule has 0 saturated carbocycles. The third kappa shape index (κ3) is 19.0. The van der Waals surface area contributed by atoms with Crippen LogP contribution in [0, 0.1) is 0 Å². The van der Waals surface area contributed by atoms with E-state index in [0.29, 0.717) is 0 Å². The fourth-order valence-corrected chi connectivity index (χ4v) is 1.25. The van der Waals surface area contributed by atoms with Crippen LogP contribution in [-0.2, 0) is 30.5 Å². The second-order valence-corrected chi connectivity index (χ2v) is 3.68. The molecule has 0 aliphatic carbocycles. The van der Waals surface area contributed by atoms with Crippen molar-refractivity contribution in [1.82, 2.24) is 0 Å². The van der Waals surface area contributed by atoms with Gasteiger partial charge in [-0.05, 0) is 0 Å². The molecule has 0 aliphatic rings. The van der Waals surface area contributed by atoms with Gasteiger partial charge in [0.25, 0.3) is 0 Å². The van der Waals surface area contributed by atoms with Gasteiger partial charge in [-0.2, -0.15) is 4.31 Å². The minimum atomic E-state index is -5.05. The molecule has 0 atom stereocenters. The topological polar surface area (TPSA) is 124 Å². The van der Waals surface area contributed by atoms with Crippen molar-refractivity contribution < 1.29 is 50.1 Å². The summed E-state index contributed by atoms with van der Waals surface area (Å²) in [6, 6.07) is 0. The van der Waals surface area contributed by atoms with Crippen LogP contribution >= 0.6 is 15.6 Å². The molecule has 1 radical (unpaired) electrons. The molecule has 0 rings (SSSR count). The molecule has 0 aromatic rings. The Morgan fingerprint density at radius 1 is 0.909 bits per heavy atom. The van der Waals surface area contributed by atoms with Crippen LogP contribution in [0.3, 0.4) is 0 Å². The quantitative estimate of drug-likeness (QED) is 0.360. The Morgan fingerprint density at radius 3 is 1.09 bits per heavy atom. The monoisotopic (exact) mass is 281 g/mol. The molecule has 0 spiro atoms. The summed E-state index contributed by atoms with van der Waals surface area (Å²) in [5.41, 5.74) is 0. The summed E-state index contributed by atoms with van der Waals surface area (Å²) < 4.78 is 22.2. The fraction of sp³-hybridized carbons (Fsp3) is 0. The SMILES string of the molecule is O=P(O)(O)OP(=O)(O)O.[Cu].[KH]. The summed E-state index contributed by atoms with van der Waals surface area (Å²) in [6.45, 7) is 0. The van der Waals surface area contributed by atoms with Gasteiger partial charge in [0, 0.05) is 17.1 Å². The van der Waals surface area contributed by atoms with E-state index in [9.17, 15) is 9.13 Å². The Balaban J connectivity index is -0.000000320. The van der Waals surface area contributed by atoms with Crippen LogP contribution in [0.15, 0.2) is 0 Å². The molecule has 0 amide bonds. The zero-order chi connectivity index (χ0) is 7.71.